The van der Waals surface area contributed by atoms with Crippen molar-refractivity contribution in [2.45, 2.75) is 16.8 Å². The van der Waals surface area contributed by atoms with Crippen LogP contribution in [0, 0.1) is 0 Å². The Hall–Kier alpha value is -2.24. The number of amides is 1. The number of benzene rings is 2. The van der Waals surface area contributed by atoms with Crippen LogP contribution in [0.5, 0.6) is 0 Å². The Bertz CT molecular complexity index is 1080. The first kappa shape index (κ1) is 23.4. The Kier molecular flexibility index (Phi) is 6.87. The molecule has 1 aliphatic rings. The van der Waals surface area contributed by atoms with Gasteiger partial charge >= 0.3 is 6.18 Å². The molecule has 0 N–H and O–H groups in total. The molecule has 11 heteroatoms. The van der Waals surface area contributed by atoms with Crippen LogP contribution < -0.4 is 0 Å². The molecule has 1 fully saturated rings. The summed E-state index contributed by atoms with van der Waals surface area (Å²) in [5, 5.41) is 0. The molecule has 1 atom stereocenters. The fourth-order valence-corrected chi connectivity index (χ4v) is 5.38. The van der Waals surface area contributed by atoms with Crippen LogP contribution >= 0.6 is 0 Å². The van der Waals surface area contributed by atoms with Gasteiger partial charge in [0.15, 0.2) is 0 Å². The number of piperazine rings is 1. The molecule has 1 heterocycles. The van der Waals surface area contributed by atoms with Crippen LogP contribution in [-0.2, 0) is 32.8 Å². The molecule has 0 aromatic heterocycles. The van der Waals surface area contributed by atoms with Gasteiger partial charge in [-0.05, 0) is 42.0 Å². The Balaban J connectivity index is 1.67. The molecule has 1 saturated heterocycles. The lowest BCUT2D eigenvalue weighted by Crippen LogP contribution is -2.50. The molecule has 0 spiro atoms. The predicted molar refractivity (Wildman–Crippen MR) is 110 cm³/mol. The number of alkyl halides is 3. The van der Waals surface area contributed by atoms with E-state index < -0.39 is 32.6 Å². The monoisotopic (exact) mass is 474 g/mol. The van der Waals surface area contributed by atoms with E-state index in [0.29, 0.717) is 11.3 Å². The highest BCUT2D eigenvalue weighted by Crippen LogP contribution is 2.30. The lowest BCUT2D eigenvalue weighted by molar-refractivity contribution is -0.137. The molecule has 1 unspecified atom stereocenters. The van der Waals surface area contributed by atoms with Crippen LogP contribution in [0.3, 0.4) is 0 Å². The number of sulfonamides is 1. The summed E-state index contributed by atoms with van der Waals surface area (Å²) in [6, 6.07) is 10.2. The fraction of sp³-hybridized carbons (Fsp3) is 0.350. The second kappa shape index (κ2) is 9.09. The minimum atomic E-state index is -4.54. The highest BCUT2D eigenvalue weighted by molar-refractivity contribution is 7.89. The average Bonchev–Trinajstić information content (AvgIpc) is 2.72. The molecule has 2 aromatic rings. The van der Waals surface area contributed by atoms with Crippen LogP contribution in [0.4, 0.5) is 13.2 Å². The first-order chi connectivity index (χ1) is 14.5. The topological polar surface area (TPSA) is 74.8 Å². The van der Waals surface area contributed by atoms with Gasteiger partial charge in [0.1, 0.15) is 0 Å². The highest BCUT2D eigenvalue weighted by Gasteiger charge is 2.33. The van der Waals surface area contributed by atoms with Crippen molar-refractivity contribution in [2.24, 2.45) is 0 Å². The summed E-state index contributed by atoms with van der Waals surface area (Å²) in [6.45, 7) is 0.382. The van der Waals surface area contributed by atoms with Gasteiger partial charge in [0.05, 0.1) is 10.5 Å². The van der Waals surface area contributed by atoms with Gasteiger partial charge in [0.2, 0.25) is 10.0 Å². The maximum atomic E-state index is 12.8. The van der Waals surface area contributed by atoms with Gasteiger partial charge in [-0.2, -0.15) is 17.5 Å². The Morgan fingerprint density at radius 2 is 1.65 bits per heavy atom. The van der Waals surface area contributed by atoms with E-state index in [0.717, 1.165) is 34.1 Å². The van der Waals surface area contributed by atoms with Gasteiger partial charge in [-0.3, -0.25) is 9.00 Å². The Morgan fingerprint density at radius 3 is 2.19 bits per heavy atom. The minimum Gasteiger partial charge on any atom is -0.336 e. The third kappa shape index (κ3) is 5.52. The number of carbonyl (C=O) groups is 1. The summed E-state index contributed by atoms with van der Waals surface area (Å²) in [4.78, 5) is 14.1. The molecular formula is C20H21F3N2O4S2. The van der Waals surface area contributed by atoms with E-state index in [1.165, 1.54) is 4.90 Å². The molecule has 3 rings (SSSR count). The quantitative estimate of drug-likeness (QED) is 0.668. The van der Waals surface area contributed by atoms with Crippen LogP contribution in [0.15, 0.2) is 53.4 Å². The normalized spacial score (nSPS) is 16.8. The fourth-order valence-electron chi connectivity index (χ4n) is 3.31. The lowest BCUT2D eigenvalue weighted by atomic mass is 10.1. The molecule has 1 amide bonds. The van der Waals surface area contributed by atoms with E-state index in [1.54, 1.807) is 30.5 Å². The highest BCUT2D eigenvalue weighted by atomic mass is 32.2. The van der Waals surface area contributed by atoms with E-state index in [-0.39, 0.29) is 37.0 Å². The number of carbonyl (C=O) groups excluding carboxylic acids is 1. The van der Waals surface area contributed by atoms with E-state index in [9.17, 15) is 30.6 Å². The zero-order valence-corrected chi connectivity index (χ0v) is 18.3. The van der Waals surface area contributed by atoms with Crippen molar-refractivity contribution in [1.29, 1.82) is 0 Å². The zero-order chi connectivity index (χ0) is 22.8. The van der Waals surface area contributed by atoms with E-state index in [2.05, 4.69) is 0 Å². The summed E-state index contributed by atoms with van der Waals surface area (Å²) < 4.78 is 76.2. The molecular weight excluding hydrogens is 453 g/mol. The summed E-state index contributed by atoms with van der Waals surface area (Å²) in [5.41, 5.74) is 0.285. The van der Waals surface area contributed by atoms with E-state index >= 15 is 0 Å². The number of rotatable bonds is 5. The first-order valence-electron chi connectivity index (χ1n) is 9.34. The van der Waals surface area contributed by atoms with Gasteiger partial charge < -0.3 is 4.90 Å². The Morgan fingerprint density at radius 1 is 1.03 bits per heavy atom. The molecule has 6 nitrogen and oxygen atoms in total. The SMILES string of the molecule is CS(=O)Cc1cccc(C(=O)N2CCN(S(=O)(=O)c3ccc(C(F)(F)F)cc3)CC2)c1. The van der Waals surface area contributed by atoms with Crippen LogP contribution in [0.25, 0.3) is 0 Å². The molecule has 0 bridgehead atoms. The third-order valence-corrected chi connectivity index (χ3v) is 7.54. The van der Waals surface area contributed by atoms with Gasteiger partial charge in [0.25, 0.3) is 5.91 Å². The number of hydrogen-bond acceptors (Lipinski definition) is 4. The van der Waals surface area contributed by atoms with Crippen molar-refractivity contribution in [1.82, 2.24) is 9.21 Å². The predicted octanol–water partition coefficient (Wildman–Crippen LogP) is 2.73. The van der Waals surface area contributed by atoms with Crippen LogP contribution in [0.1, 0.15) is 21.5 Å². The van der Waals surface area contributed by atoms with E-state index in [4.69, 9.17) is 0 Å². The van der Waals surface area contributed by atoms with Crippen molar-refractivity contribution >= 4 is 26.7 Å². The van der Waals surface area contributed by atoms with Crippen LogP contribution in [-0.4, -0.2) is 60.2 Å². The molecule has 1 aliphatic heterocycles. The zero-order valence-electron chi connectivity index (χ0n) is 16.6. The molecule has 0 aliphatic carbocycles. The van der Waals surface area contributed by atoms with Crippen molar-refractivity contribution in [3.05, 3.63) is 65.2 Å². The summed E-state index contributed by atoms with van der Waals surface area (Å²) in [7, 11) is -5.01. The minimum absolute atomic E-state index is 0.0355. The molecule has 2 aromatic carbocycles. The maximum absolute atomic E-state index is 12.8. The van der Waals surface area contributed by atoms with E-state index in [1.807, 2.05) is 0 Å². The largest absolute Gasteiger partial charge is 0.416 e. The summed E-state index contributed by atoms with van der Waals surface area (Å²) in [6.07, 6.45) is -2.97. The van der Waals surface area contributed by atoms with Gasteiger partial charge in [-0.15, -0.1) is 0 Å². The third-order valence-electron chi connectivity index (χ3n) is 4.89. The molecule has 0 saturated carbocycles. The standard InChI is InChI=1S/C20H21F3N2O4S2/c1-30(27)14-15-3-2-4-16(13-15)19(26)24-9-11-25(12-10-24)31(28,29)18-7-5-17(6-8-18)20(21,22)23/h2-8,13H,9-12,14H2,1H3. The summed E-state index contributed by atoms with van der Waals surface area (Å²) >= 11 is 0. The molecule has 31 heavy (non-hydrogen) atoms. The molecule has 0 radical (unpaired) electrons. The van der Waals surface area contributed by atoms with Gasteiger partial charge in [0, 0.05) is 54.6 Å². The van der Waals surface area contributed by atoms with Crippen molar-refractivity contribution in [2.75, 3.05) is 32.4 Å². The number of halogens is 3. The second-order valence-electron chi connectivity index (χ2n) is 7.14. The lowest BCUT2D eigenvalue weighted by Gasteiger charge is -2.34. The van der Waals surface area contributed by atoms with Crippen molar-refractivity contribution < 1.29 is 30.6 Å². The number of nitrogens with zero attached hydrogens (tertiary/aromatic N) is 2. The van der Waals surface area contributed by atoms with Crippen molar-refractivity contribution in [3.63, 3.8) is 0 Å². The van der Waals surface area contributed by atoms with Crippen molar-refractivity contribution in [3.8, 4) is 0 Å². The smallest absolute Gasteiger partial charge is 0.336 e. The Labute approximate surface area is 181 Å². The average molecular weight is 475 g/mol. The second-order valence-corrected chi connectivity index (χ2v) is 10.5. The number of hydrogen-bond donors (Lipinski definition) is 0. The first-order valence-corrected chi connectivity index (χ1v) is 12.5. The van der Waals surface area contributed by atoms with Crippen LogP contribution in [0.2, 0.25) is 0 Å². The maximum Gasteiger partial charge on any atom is 0.416 e. The van der Waals surface area contributed by atoms with Gasteiger partial charge in [-0.1, -0.05) is 12.1 Å². The summed E-state index contributed by atoms with van der Waals surface area (Å²) in [5.74, 6) is 0.0793. The molecule has 168 valence electrons. The van der Waals surface area contributed by atoms with Gasteiger partial charge in [-0.25, -0.2) is 8.42 Å².